The number of carbonyl (C=O) groups is 2. The predicted octanol–water partition coefficient (Wildman–Crippen LogP) is 3.62. The summed E-state index contributed by atoms with van der Waals surface area (Å²) in [6.07, 6.45) is 0. The Labute approximate surface area is 123 Å². The molecule has 5 nitrogen and oxygen atoms in total. The molecule has 2 rings (SSSR count). The second-order valence-electron chi connectivity index (χ2n) is 4.09. The van der Waals surface area contributed by atoms with Gasteiger partial charge in [0.15, 0.2) is 0 Å². The molecule has 0 aromatic heterocycles. The van der Waals surface area contributed by atoms with Crippen LogP contribution in [-0.4, -0.2) is 22.2 Å². The molecule has 0 amide bonds. The number of benzene rings is 2. The third-order valence-corrected chi connectivity index (χ3v) is 3.05. The molecule has 0 unspecified atom stereocenters. The normalized spacial score (nSPS) is 10.2. The van der Waals surface area contributed by atoms with Crippen molar-refractivity contribution >= 4 is 34.9 Å². The van der Waals surface area contributed by atoms with Crippen LogP contribution in [0.2, 0.25) is 5.02 Å². The van der Waals surface area contributed by atoms with Crippen LogP contribution in [0, 0.1) is 5.82 Å². The van der Waals surface area contributed by atoms with Crippen molar-refractivity contribution in [1.82, 2.24) is 0 Å². The van der Waals surface area contributed by atoms with Crippen LogP contribution < -0.4 is 5.32 Å². The molecule has 0 aliphatic rings. The summed E-state index contributed by atoms with van der Waals surface area (Å²) in [7, 11) is 0. The van der Waals surface area contributed by atoms with E-state index in [1.807, 2.05) is 0 Å². The minimum atomic E-state index is -1.32. The molecule has 0 spiro atoms. The summed E-state index contributed by atoms with van der Waals surface area (Å²) in [5.74, 6) is -3.28. The number of hydrogen-bond donors (Lipinski definition) is 3. The lowest BCUT2D eigenvalue weighted by molar-refractivity contribution is 0.0686. The number of halogens is 2. The quantitative estimate of drug-likeness (QED) is 0.803. The number of rotatable bonds is 4. The Kier molecular flexibility index (Phi) is 4.09. The Bertz CT molecular complexity index is 733. The van der Waals surface area contributed by atoms with Gasteiger partial charge in [-0.15, -0.1) is 0 Å². The Morgan fingerprint density at radius 1 is 1.10 bits per heavy atom. The van der Waals surface area contributed by atoms with Crippen LogP contribution in [0.4, 0.5) is 15.8 Å². The van der Waals surface area contributed by atoms with Gasteiger partial charge < -0.3 is 15.5 Å². The van der Waals surface area contributed by atoms with Crippen molar-refractivity contribution in [2.75, 3.05) is 5.32 Å². The smallest absolute Gasteiger partial charge is 0.337 e. The highest BCUT2D eigenvalue weighted by molar-refractivity contribution is 6.33. The van der Waals surface area contributed by atoms with Crippen LogP contribution in [-0.2, 0) is 0 Å². The molecular weight excluding hydrogens is 301 g/mol. The average molecular weight is 310 g/mol. The molecular formula is C14H9ClFNO4. The fraction of sp³-hybridized carbons (Fsp3) is 0. The van der Waals surface area contributed by atoms with Gasteiger partial charge in [-0.3, -0.25) is 0 Å². The fourth-order valence-corrected chi connectivity index (χ4v) is 1.88. The van der Waals surface area contributed by atoms with E-state index in [9.17, 15) is 14.0 Å². The van der Waals surface area contributed by atoms with Crippen molar-refractivity contribution < 1.29 is 24.2 Å². The van der Waals surface area contributed by atoms with Crippen LogP contribution in [0.25, 0.3) is 0 Å². The molecule has 2 aromatic rings. The first-order valence-corrected chi connectivity index (χ1v) is 6.09. The second kappa shape index (κ2) is 5.80. The lowest BCUT2D eigenvalue weighted by atomic mass is 10.1. The SMILES string of the molecule is O=C(O)c1ccc(Cl)c(Nc2c(F)cccc2C(=O)O)c1. The molecule has 0 radical (unpaired) electrons. The summed E-state index contributed by atoms with van der Waals surface area (Å²) in [6.45, 7) is 0. The Morgan fingerprint density at radius 3 is 2.43 bits per heavy atom. The van der Waals surface area contributed by atoms with Gasteiger partial charge in [-0.05, 0) is 30.3 Å². The van der Waals surface area contributed by atoms with Crippen molar-refractivity contribution in [2.24, 2.45) is 0 Å². The van der Waals surface area contributed by atoms with Crippen LogP contribution >= 0.6 is 11.6 Å². The van der Waals surface area contributed by atoms with Gasteiger partial charge in [0.25, 0.3) is 0 Å². The van der Waals surface area contributed by atoms with E-state index in [4.69, 9.17) is 21.8 Å². The third-order valence-electron chi connectivity index (χ3n) is 2.72. The molecule has 21 heavy (non-hydrogen) atoms. The summed E-state index contributed by atoms with van der Waals surface area (Å²) in [5, 5.41) is 20.6. The van der Waals surface area contributed by atoms with E-state index in [2.05, 4.69) is 5.32 Å². The zero-order valence-corrected chi connectivity index (χ0v) is 11.2. The van der Waals surface area contributed by atoms with Crippen molar-refractivity contribution in [1.29, 1.82) is 0 Å². The number of anilines is 2. The van der Waals surface area contributed by atoms with Gasteiger partial charge in [-0.2, -0.15) is 0 Å². The Balaban J connectivity index is 2.50. The van der Waals surface area contributed by atoms with Crippen molar-refractivity contribution in [2.45, 2.75) is 0 Å². The first kappa shape index (κ1) is 14.8. The maximum Gasteiger partial charge on any atom is 0.337 e. The summed E-state index contributed by atoms with van der Waals surface area (Å²) < 4.78 is 13.8. The lowest BCUT2D eigenvalue weighted by Gasteiger charge is -2.12. The first-order valence-electron chi connectivity index (χ1n) is 5.72. The van der Waals surface area contributed by atoms with Gasteiger partial charge in [0.1, 0.15) is 5.82 Å². The van der Waals surface area contributed by atoms with Crippen molar-refractivity contribution in [3.63, 3.8) is 0 Å². The number of hydrogen-bond acceptors (Lipinski definition) is 3. The van der Waals surface area contributed by atoms with Gasteiger partial charge in [-0.1, -0.05) is 17.7 Å². The molecule has 0 heterocycles. The molecule has 2 aromatic carbocycles. The maximum absolute atomic E-state index is 13.8. The topological polar surface area (TPSA) is 86.6 Å². The number of carboxylic acid groups (broad SMARTS) is 2. The predicted molar refractivity (Wildman–Crippen MR) is 75.1 cm³/mol. The summed E-state index contributed by atoms with van der Waals surface area (Å²) in [6, 6.07) is 7.39. The van der Waals surface area contributed by atoms with Crippen LogP contribution in [0.5, 0.6) is 0 Å². The maximum atomic E-state index is 13.8. The monoisotopic (exact) mass is 309 g/mol. The molecule has 3 N–H and O–H groups in total. The molecule has 0 aliphatic carbocycles. The van der Waals surface area contributed by atoms with E-state index < -0.39 is 17.8 Å². The van der Waals surface area contributed by atoms with Crippen LogP contribution in [0.3, 0.4) is 0 Å². The number of para-hydroxylation sites is 1. The molecule has 0 aliphatic heterocycles. The Hall–Kier alpha value is -2.60. The first-order chi connectivity index (χ1) is 9.90. The zero-order chi connectivity index (χ0) is 15.6. The third kappa shape index (κ3) is 3.11. The van der Waals surface area contributed by atoms with E-state index in [-0.39, 0.29) is 27.5 Å². The van der Waals surface area contributed by atoms with E-state index >= 15 is 0 Å². The highest BCUT2D eigenvalue weighted by Crippen LogP contribution is 2.30. The molecule has 108 valence electrons. The number of nitrogens with one attached hydrogen (secondary N) is 1. The standard InChI is InChI=1S/C14H9ClFNO4/c15-9-5-4-7(13(18)19)6-11(9)17-12-8(14(20)21)2-1-3-10(12)16/h1-6,17H,(H,18,19)(H,20,21). The van der Waals surface area contributed by atoms with Gasteiger partial charge >= 0.3 is 11.9 Å². The van der Waals surface area contributed by atoms with E-state index in [1.54, 1.807) is 0 Å². The lowest BCUT2D eigenvalue weighted by Crippen LogP contribution is -2.06. The van der Waals surface area contributed by atoms with Gasteiger partial charge in [-0.25, -0.2) is 14.0 Å². The Morgan fingerprint density at radius 2 is 1.81 bits per heavy atom. The fourth-order valence-electron chi connectivity index (χ4n) is 1.72. The van der Waals surface area contributed by atoms with E-state index in [0.29, 0.717) is 0 Å². The van der Waals surface area contributed by atoms with E-state index in [0.717, 1.165) is 6.07 Å². The zero-order valence-electron chi connectivity index (χ0n) is 10.4. The molecule has 0 atom stereocenters. The van der Waals surface area contributed by atoms with Gasteiger partial charge in [0, 0.05) is 0 Å². The summed E-state index contributed by atoms with van der Waals surface area (Å²) in [5.41, 5.74) is -0.527. The van der Waals surface area contributed by atoms with Crippen LogP contribution in [0.15, 0.2) is 36.4 Å². The largest absolute Gasteiger partial charge is 0.478 e. The summed E-state index contributed by atoms with van der Waals surface area (Å²) in [4.78, 5) is 22.0. The van der Waals surface area contributed by atoms with Crippen LogP contribution in [0.1, 0.15) is 20.7 Å². The summed E-state index contributed by atoms with van der Waals surface area (Å²) >= 11 is 5.91. The molecule has 7 heteroatoms. The minimum absolute atomic E-state index is 0.0601. The number of carboxylic acids is 2. The molecule has 0 saturated heterocycles. The molecule has 0 saturated carbocycles. The number of aromatic carboxylic acids is 2. The van der Waals surface area contributed by atoms with E-state index in [1.165, 1.54) is 30.3 Å². The highest BCUT2D eigenvalue weighted by Gasteiger charge is 2.16. The van der Waals surface area contributed by atoms with Gasteiger partial charge in [0.2, 0.25) is 0 Å². The highest BCUT2D eigenvalue weighted by atomic mass is 35.5. The molecule has 0 fully saturated rings. The van der Waals surface area contributed by atoms with Crippen molar-refractivity contribution in [3.8, 4) is 0 Å². The van der Waals surface area contributed by atoms with Crippen molar-refractivity contribution in [3.05, 3.63) is 58.4 Å². The minimum Gasteiger partial charge on any atom is -0.478 e. The van der Waals surface area contributed by atoms with Gasteiger partial charge in [0.05, 0.1) is 27.5 Å². The second-order valence-corrected chi connectivity index (χ2v) is 4.50. The average Bonchev–Trinajstić information content (AvgIpc) is 2.42. The molecule has 0 bridgehead atoms.